The Morgan fingerprint density at radius 2 is 1.94 bits per heavy atom. The van der Waals surface area contributed by atoms with Gasteiger partial charge in [-0.2, -0.15) is 0 Å². The molecule has 2 rings (SSSR count). The van der Waals surface area contributed by atoms with Gasteiger partial charge in [-0.1, -0.05) is 36.7 Å². The summed E-state index contributed by atoms with van der Waals surface area (Å²) in [4.78, 5) is 46.4. The number of aliphatic carboxylic acids is 1. The predicted octanol–water partition coefficient (Wildman–Crippen LogP) is 3.49. The van der Waals surface area contributed by atoms with E-state index in [0.717, 1.165) is 32.1 Å². The summed E-state index contributed by atoms with van der Waals surface area (Å²) in [6.07, 6.45) is 4.29. The molecule has 1 saturated carbocycles. The van der Waals surface area contributed by atoms with Gasteiger partial charge >= 0.3 is 18.0 Å². The van der Waals surface area contributed by atoms with E-state index in [1.165, 1.54) is 11.8 Å². The van der Waals surface area contributed by atoms with Gasteiger partial charge in [0.1, 0.15) is 11.6 Å². The fourth-order valence-electron chi connectivity index (χ4n) is 3.25. The summed E-state index contributed by atoms with van der Waals surface area (Å²) >= 11 is 1.18. The number of aliphatic imine (C=N–C) groups is 1. The molecule has 0 saturated heterocycles. The van der Waals surface area contributed by atoms with Crippen molar-refractivity contribution in [3.63, 3.8) is 0 Å². The van der Waals surface area contributed by atoms with E-state index in [0.29, 0.717) is 19.4 Å². The lowest BCUT2D eigenvalue weighted by atomic mass is 9.85. The number of nitrogens with one attached hydrogen (secondary N) is 1. The number of hydrogen-bond donors (Lipinski definition) is 2. The van der Waals surface area contributed by atoms with Crippen molar-refractivity contribution in [2.75, 3.05) is 12.4 Å². The third kappa shape index (κ3) is 7.68. The Morgan fingerprint density at radius 1 is 1.25 bits per heavy atom. The van der Waals surface area contributed by atoms with Crippen molar-refractivity contribution in [2.24, 2.45) is 10.1 Å². The number of carboxylic acid groups (broad SMARTS) is 1. The van der Waals surface area contributed by atoms with Crippen LogP contribution in [-0.4, -0.2) is 63.6 Å². The Kier molecular flexibility index (Phi) is 9.35. The van der Waals surface area contributed by atoms with Crippen LogP contribution in [0.4, 0.5) is 4.79 Å². The summed E-state index contributed by atoms with van der Waals surface area (Å²) in [7, 11) is 0. The molecule has 0 aromatic heterocycles. The first-order chi connectivity index (χ1) is 15.1. The lowest BCUT2D eigenvalue weighted by Crippen LogP contribution is -2.44. The maximum absolute atomic E-state index is 12.7. The summed E-state index contributed by atoms with van der Waals surface area (Å²) in [5, 5.41) is 16.3. The number of amidine groups is 1. The van der Waals surface area contributed by atoms with Crippen LogP contribution in [0.5, 0.6) is 0 Å². The number of carbonyl (C=O) groups excluding carboxylic acids is 2. The van der Waals surface area contributed by atoms with Crippen LogP contribution in [0.25, 0.3) is 0 Å². The largest absolute Gasteiger partial charge is 0.477 e. The van der Waals surface area contributed by atoms with E-state index in [1.807, 2.05) is 6.92 Å². The van der Waals surface area contributed by atoms with Gasteiger partial charge in [-0.05, 0) is 40.0 Å². The molecule has 0 aromatic rings. The van der Waals surface area contributed by atoms with Gasteiger partial charge in [0, 0.05) is 18.6 Å². The number of ether oxygens (including phenoxy) is 2. The predicted molar refractivity (Wildman–Crippen MR) is 121 cm³/mol. The Labute approximate surface area is 192 Å². The minimum atomic E-state index is -1.30. The van der Waals surface area contributed by atoms with Crippen LogP contribution in [0.3, 0.4) is 0 Å². The maximum Gasteiger partial charge on any atom is 0.413 e. The standard InChI is InChI=1S/C21H33N3O7S/c1-5-6-12-29-17(27)21(10-8-7-9-11-21)31-24-15(16(25)26)14-13-32-18(22-14)23-19(28)30-20(2,3)4/h14H,5-13H2,1-4H3,(H,25,26)(H,22,23,28)/b24-15-. The number of esters is 1. The highest BCUT2D eigenvalue weighted by Gasteiger charge is 2.45. The van der Waals surface area contributed by atoms with Crippen molar-refractivity contribution in [3.05, 3.63) is 0 Å². The molecule has 1 amide bonds. The zero-order chi connectivity index (χ0) is 23.8. The number of thioether (sulfide) groups is 1. The van der Waals surface area contributed by atoms with Gasteiger partial charge in [0.25, 0.3) is 0 Å². The Hall–Kier alpha value is -2.30. The lowest BCUT2D eigenvalue weighted by Gasteiger charge is -2.32. The van der Waals surface area contributed by atoms with E-state index in [1.54, 1.807) is 20.8 Å². The maximum atomic E-state index is 12.7. The smallest absolute Gasteiger partial charge is 0.413 e. The molecule has 0 aromatic carbocycles. The molecule has 0 bridgehead atoms. The fourth-order valence-corrected chi connectivity index (χ4v) is 4.15. The van der Waals surface area contributed by atoms with Crippen LogP contribution >= 0.6 is 11.8 Å². The molecule has 1 fully saturated rings. The molecule has 1 aliphatic carbocycles. The number of carbonyl (C=O) groups is 3. The first-order valence-electron chi connectivity index (χ1n) is 10.9. The number of alkyl carbamates (subject to hydrolysis) is 1. The van der Waals surface area contributed by atoms with Crippen molar-refractivity contribution in [1.82, 2.24) is 5.32 Å². The molecular weight excluding hydrogens is 438 g/mol. The van der Waals surface area contributed by atoms with Crippen LogP contribution in [0.2, 0.25) is 0 Å². The molecule has 32 heavy (non-hydrogen) atoms. The Bertz CT molecular complexity index is 755. The molecule has 0 radical (unpaired) electrons. The van der Waals surface area contributed by atoms with Gasteiger partial charge in [-0.3, -0.25) is 10.3 Å². The quantitative estimate of drug-likeness (QED) is 0.238. The molecule has 1 heterocycles. The van der Waals surface area contributed by atoms with Crippen LogP contribution in [-0.2, 0) is 23.9 Å². The van der Waals surface area contributed by atoms with Gasteiger partial charge in [0.15, 0.2) is 10.9 Å². The highest BCUT2D eigenvalue weighted by Crippen LogP contribution is 2.33. The van der Waals surface area contributed by atoms with Gasteiger partial charge in [-0.15, -0.1) is 0 Å². The second-order valence-electron chi connectivity index (χ2n) is 8.81. The van der Waals surface area contributed by atoms with Crippen molar-refractivity contribution in [1.29, 1.82) is 0 Å². The molecule has 11 heteroatoms. The van der Waals surface area contributed by atoms with Crippen molar-refractivity contribution >= 4 is 40.7 Å². The zero-order valence-electron chi connectivity index (χ0n) is 19.1. The molecule has 0 spiro atoms. The number of carboxylic acids is 1. The zero-order valence-corrected chi connectivity index (χ0v) is 20.0. The lowest BCUT2D eigenvalue weighted by molar-refractivity contribution is -0.178. The van der Waals surface area contributed by atoms with Crippen LogP contribution in [0, 0.1) is 0 Å². The van der Waals surface area contributed by atoms with Crippen LogP contribution in [0.1, 0.15) is 72.6 Å². The summed E-state index contributed by atoms with van der Waals surface area (Å²) in [6.45, 7) is 7.50. The highest BCUT2D eigenvalue weighted by molar-refractivity contribution is 8.14. The number of hydrogen-bond acceptors (Lipinski definition) is 9. The van der Waals surface area contributed by atoms with Gasteiger partial charge in [0.2, 0.25) is 5.60 Å². The average molecular weight is 472 g/mol. The monoisotopic (exact) mass is 471 g/mol. The highest BCUT2D eigenvalue weighted by atomic mass is 32.2. The average Bonchev–Trinajstić information content (AvgIpc) is 3.15. The van der Waals surface area contributed by atoms with Crippen molar-refractivity contribution in [2.45, 2.75) is 89.9 Å². The van der Waals surface area contributed by atoms with Gasteiger partial charge < -0.3 is 19.4 Å². The first kappa shape index (κ1) is 26.0. The number of nitrogens with zero attached hydrogens (tertiary/aromatic N) is 2. The molecule has 1 aliphatic heterocycles. The summed E-state index contributed by atoms with van der Waals surface area (Å²) in [5.74, 6) is -1.55. The SMILES string of the molecule is CCCCOC(=O)C1(O/N=C(\C(=O)O)C2CSC(NC(=O)OC(C)(C)C)=N2)CCCCC1. The van der Waals surface area contributed by atoms with E-state index in [-0.39, 0.29) is 16.6 Å². The van der Waals surface area contributed by atoms with Gasteiger partial charge in [-0.25, -0.2) is 14.4 Å². The number of rotatable bonds is 8. The topological polar surface area (TPSA) is 136 Å². The second kappa shape index (κ2) is 11.5. The van der Waals surface area contributed by atoms with Crippen LogP contribution in [0.15, 0.2) is 10.1 Å². The summed E-state index contributed by atoms with van der Waals surface area (Å²) in [5.41, 5.74) is -2.28. The summed E-state index contributed by atoms with van der Waals surface area (Å²) in [6, 6.07) is -0.834. The van der Waals surface area contributed by atoms with E-state index >= 15 is 0 Å². The van der Waals surface area contributed by atoms with Crippen LogP contribution < -0.4 is 5.32 Å². The van der Waals surface area contributed by atoms with E-state index in [4.69, 9.17) is 14.3 Å². The minimum Gasteiger partial charge on any atom is -0.477 e. The molecule has 2 aliphatic rings. The molecule has 180 valence electrons. The number of oxime groups is 1. The van der Waals surface area contributed by atoms with E-state index < -0.39 is 35.3 Å². The molecule has 1 unspecified atom stereocenters. The van der Waals surface area contributed by atoms with Gasteiger partial charge in [0.05, 0.1) is 6.61 Å². The first-order valence-corrected chi connectivity index (χ1v) is 11.9. The van der Waals surface area contributed by atoms with E-state index in [9.17, 15) is 19.5 Å². The molecule has 2 N–H and O–H groups in total. The molecular formula is C21H33N3O7S. The molecule has 10 nitrogen and oxygen atoms in total. The third-order valence-electron chi connectivity index (χ3n) is 4.88. The number of unbranched alkanes of at least 4 members (excludes halogenated alkanes) is 1. The second-order valence-corrected chi connectivity index (χ2v) is 9.81. The van der Waals surface area contributed by atoms with E-state index in [2.05, 4.69) is 15.5 Å². The summed E-state index contributed by atoms with van der Waals surface area (Å²) < 4.78 is 10.6. The minimum absolute atomic E-state index is 0.240. The Morgan fingerprint density at radius 3 is 2.53 bits per heavy atom. The Balaban J connectivity index is 2.12. The molecule has 1 atom stereocenters. The van der Waals surface area contributed by atoms with Crippen molar-refractivity contribution in [3.8, 4) is 0 Å². The fraction of sp³-hybridized carbons (Fsp3) is 0.762. The third-order valence-corrected chi connectivity index (χ3v) is 5.84. The normalized spacial score (nSPS) is 20.8. The number of amides is 1. The van der Waals surface area contributed by atoms with Crippen molar-refractivity contribution < 1.29 is 33.8 Å².